The van der Waals surface area contributed by atoms with E-state index in [-0.39, 0.29) is 0 Å². The van der Waals surface area contributed by atoms with Crippen LogP contribution in [0.1, 0.15) is 0 Å². The van der Waals surface area contributed by atoms with Crippen LogP contribution < -0.4 is 17.1 Å². The second kappa shape index (κ2) is 16.7. The molecule has 0 fully saturated rings. The second-order valence-corrected chi connectivity index (χ2v) is 7.11. The van der Waals surface area contributed by atoms with Gasteiger partial charge in [-0.15, -0.1) is 0 Å². The van der Waals surface area contributed by atoms with Crippen LogP contribution in [0.2, 0.25) is 0 Å². The molecule has 1 heterocycles. The number of carbonyl (C=O) groups excluding carboxylic acids is 3. The summed E-state index contributed by atoms with van der Waals surface area (Å²) in [6.07, 6.45) is -3.56. The molecule has 0 saturated heterocycles. The Morgan fingerprint density at radius 2 is 0.692 bits per heavy atom. The fraction of sp³-hybridized carbons (Fsp3) is 0.667. The number of rotatable bonds is 15. The monoisotopic (exact) mass is 570 g/mol. The van der Waals surface area contributed by atoms with Gasteiger partial charge in [0.2, 0.25) is 0 Å². The van der Waals surface area contributed by atoms with Gasteiger partial charge in [0.25, 0.3) is 0 Å². The summed E-state index contributed by atoms with van der Waals surface area (Å²) in [6.45, 7) is -9.06. The summed E-state index contributed by atoms with van der Waals surface area (Å²) in [4.78, 5) is 75.2. The predicted molar refractivity (Wildman–Crippen MR) is 121 cm³/mol. The lowest BCUT2D eigenvalue weighted by Crippen LogP contribution is -2.55. The number of hydrogen-bond acceptors (Lipinski definition) is 15. The lowest BCUT2D eigenvalue weighted by molar-refractivity contribution is 0.0162. The van der Waals surface area contributed by atoms with Crippen LogP contribution in [0.4, 0.5) is 14.4 Å². The summed E-state index contributed by atoms with van der Waals surface area (Å²) in [6, 6.07) is 0. The largest absolute Gasteiger partial charge is 0.447 e. The molecule has 0 aromatic carbocycles. The zero-order valence-electron chi connectivity index (χ0n) is 20.5. The van der Waals surface area contributed by atoms with E-state index < -0.39 is 115 Å². The van der Waals surface area contributed by atoms with Gasteiger partial charge in [0.15, 0.2) is 0 Å². The Hall–Kier alpha value is -4.02. The molecule has 0 aliphatic carbocycles. The third kappa shape index (κ3) is 9.05. The Morgan fingerprint density at radius 1 is 0.487 bits per heavy atom. The predicted octanol–water partition coefficient (Wildman–Crippen LogP) is -5.81. The first-order valence-corrected chi connectivity index (χ1v) is 11.0. The second-order valence-electron chi connectivity index (χ2n) is 7.11. The summed E-state index contributed by atoms with van der Waals surface area (Å²) in [5, 5.41) is 53.8. The van der Waals surface area contributed by atoms with Crippen LogP contribution in [0.15, 0.2) is 14.4 Å². The maximum Gasteiger partial charge on any atom is 0.413 e. The molecule has 6 N–H and O–H groups in total. The Bertz CT molecular complexity index is 951. The van der Waals surface area contributed by atoms with Crippen molar-refractivity contribution in [1.82, 2.24) is 28.4 Å². The van der Waals surface area contributed by atoms with Gasteiger partial charge in [-0.2, -0.15) is 0 Å². The van der Waals surface area contributed by atoms with Crippen LogP contribution in [0.25, 0.3) is 0 Å². The van der Waals surface area contributed by atoms with E-state index in [2.05, 4.69) is 0 Å². The number of amides is 3. The van der Waals surface area contributed by atoms with E-state index in [1.807, 2.05) is 0 Å². The van der Waals surface area contributed by atoms with Gasteiger partial charge >= 0.3 is 35.3 Å². The Balaban J connectivity index is 3.22. The molecule has 1 aromatic rings. The van der Waals surface area contributed by atoms with Crippen molar-refractivity contribution < 1.29 is 59.2 Å². The standard InChI is InChI=1S/C18H30N6O15/c25-7-19(8-26)16(34)37-4-1-22-13(31)23(2-5-38-17(35)20(9-27)10-28)15(33)24(14(22)32)3-6-39-18(36)21(11-29)12-30/h25-30H,1-12H2. The van der Waals surface area contributed by atoms with E-state index in [0.29, 0.717) is 28.4 Å². The van der Waals surface area contributed by atoms with Gasteiger partial charge in [-0.3, -0.25) is 14.7 Å². The van der Waals surface area contributed by atoms with Crippen molar-refractivity contribution in [3.63, 3.8) is 0 Å². The fourth-order valence-electron chi connectivity index (χ4n) is 2.68. The van der Waals surface area contributed by atoms with Crippen LogP contribution in [0.3, 0.4) is 0 Å². The fourth-order valence-corrected chi connectivity index (χ4v) is 2.68. The van der Waals surface area contributed by atoms with Crippen molar-refractivity contribution in [1.29, 1.82) is 0 Å². The quantitative estimate of drug-likeness (QED) is 0.0846. The van der Waals surface area contributed by atoms with Crippen molar-refractivity contribution in [3.8, 4) is 0 Å². The molecule has 0 spiro atoms. The van der Waals surface area contributed by atoms with Gasteiger partial charge in [0.1, 0.15) is 60.2 Å². The molecule has 0 unspecified atom stereocenters. The Kier molecular flexibility index (Phi) is 14.2. The number of ether oxygens (including phenoxy) is 3. The SMILES string of the molecule is O=C(OCCn1c(=O)n(CCOC(=O)N(CO)CO)c(=O)n(CCOC(=O)N(CO)CO)c1=O)N(CO)CO. The summed E-state index contributed by atoms with van der Waals surface area (Å²) in [5.41, 5.74) is -3.63. The molecule has 1 rings (SSSR count). The van der Waals surface area contributed by atoms with E-state index in [1.165, 1.54) is 0 Å². The van der Waals surface area contributed by atoms with Crippen molar-refractivity contribution in [2.45, 2.75) is 19.6 Å². The third-order valence-corrected chi connectivity index (χ3v) is 4.81. The molecule has 21 heteroatoms. The minimum Gasteiger partial charge on any atom is -0.447 e. The normalized spacial score (nSPS) is 10.6. The van der Waals surface area contributed by atoms with E-state index >= 15 is 0 Å². The van der Waals surface area contributed by atoms with Gasteiger partial charge in [0.05, 0.1) is 19.6 Å². The number of nitrogens with zero attached hydrogens (tertiary/aromatic N) is 6. The van der Waals surface area contributed by atoms with Crippen LogP contribution in [0, 0.1) is 0 Å². The van der Waals surface area contributed by atoms with Gasteiger partial charge in [0, 0.05) is 0 Å². The van der Waals surface area contributed by atoms with Crippen LogP contribution in [0.5, 0.6) is 0 Å². The highest BCUT2D eigenvalue weighted by atomic mass is 16.6. The smallest absolute Gasteiger partial charge is 0.413 e. The molecule has 0 atom stereocenters. The molecule has 39 heavy (non-hydrogen) atoms. The maximum absolute atomic E-state index is 12.9. The summed E-state index contributed by atoms with van der Waals surface area (Å²) in [5.74, 6) is 0. The van der Waals surface area contributed by atoms with Crippen LogP contribution in [-0.4, -0.2) is 138 Å². The molecule has 0 radical (unpaired) electrons. The number of aliphatic hydroxyl groups excluding tert-OH is 6. The minimum absolute atomic E-state index is 0.467. The van der Waals surface area contributed by atoms with E-state index in [1.54, 1.807) is 0 Å². The highest BCUT2D eigenvalue weighted by Gasteiger charge is 2.19. The first-order valence-electron chi connectivity index (χ1n) is 11.0. The summed E-state index contributed by atoms with van der Waals surface area (Å²) >= 11 is 0. The van der Waals surface area contributed by atoms with Crippen molar-refractivity contribution >= 4 is 18.3 Å². The molecule has 0 saturated carbocycles. The topological polar surface area (TPSA) is 276 Å². The number of aliphatic hydroxyl groups is 6. The first-order chi connectivity index (χ1) is 18.6. The lowest BCUT2D eigenvalue weighted by Gasteiger charge is -2.18. The average Bonchev–Trinajstić information content (AvgIpc) is 2.92. The third-order valence-electron chi connectivity index (χ3n) is 4.81. The summed E-state index contributed by atoms with van der Waals surface area (Å²) in [7, 11) is 0. The summed E-state index contributed by atoms with van der Waals surface area (Å²) < 4.78 is 15.7. The molecular formula is C18H30N6O15. The number of carbonyl (C=O) groups is 3. The zero-order chi connectivity index (χ0) is 29.5. The van der Waals surface area contributed by atoms with Crippen LogP contribution >= 0.6 is 0 Å². The average molecular weight is 570 g/mol. The van der Waals surface area contributed by atoms with E-state index in [0.717, 1.165) is 0 Å². The van der Waals surface area contributed by atoms with Gasteiger partial charge in [-0.05, 0) is 0 Å². The molecule has 0 aliphatic rings. The Labute approximate surface area is 218 Å². The lowest BCUT2D eigenvalue weighted by atomic mass is 10.5. The molecule has 0 aliphatic heterocycles. The van der Waals surface area contributed by atoms with Crippen molar-refractivity contribution in [3.05, 3.63) is 31.5 Å². The highest BCUT2D eigenvalue weighted by Crippen LogP contribution is 1.94. The van der Waals surface area contributed by atoms with E-state index in [4.69, 9.17) is 44.8 Å². The van der Waals surface area contributed by atoms with Crippen molar-refractivity contribution in [2.75, 3.05) is 60.2 Å². The van der Waals surface area contributed by atoms with E-state index in [9.17, 15) is 28.8 Å². The number of hydrogen-bond donors (Lipinski definition) is 6. The molecule has 21 nitrogen and oxygen atoms in total. The Morgan fingerprint density at radius 3 is 0.872 bits per heavy atom. The van der Waals surface area contributed by atoms with Crippen LogP contribution in [-0.2, 0) is 33.8 Å². The zero-order valence-corrected chi connectivity index (χ0v) is 20.5. The molecule has 0 bridgehead atoms. The maximum atomic E-state index is 12.9. The van der Waals surface area contributed by atoms with Crippen molar-refractivity contribution in [2.24, 2.45) is 0 Å². The highest BCUT2D eigenvalue weighted by molar-refractivity contribution is 5.67. The molecule has 3 amide bonds. The van der Waals surface area contributed by atoms with Gasteiger partial charge in [-0.1, -0.05) is 0 Å². The first kappa shape index (κ1) is 33.0. The molecule has 1 aromatic heterocycles. The number of aromatic nitrogens is 3. The molecular weight excluding hydrogens is 540 g/mol. The molecule has 222 valence electrons. The van der Waals surface area contributed by atoms with Gasteiger partial charge in [-0.25, -0.2) is 42.5 Å². The van der Waals surface area contributed by atoms with Gasteiger partial charge < -0.3 is 44.8 Å². The minimum atomic E-state index is -1.21.